The second-order valence-electron chi connectivity index (χ2n) is 8.65. The lowest BCUT2D eigenvalue weighted by molar-refractivity contribution is -0.143. The van der Waals surface area contributed by atoms with Crippen molar-refractivity contribution in [3.63, 3.8) is 0 Å². The van der Waals surface area contributed by atoms with Gasteiger partial charge < -0.3 is 19.9 Å². The Morgan fingerprint density at radius 2 is 1.82 bits per heavy atom. The Kier molecular flexibility index (Phi) is 5.04. The highest BCUT2D eigenvalue weighted by Gasteiger charge is 2.73. The Balaban J connectivity index is 1.37. The SMILES string of the molecule is CN(C)CCOc1ccc(NC(=O)C2(C3(C(=O)N4CCCC4)CC3)CC2)cn1. The molecule has 0 radical (unpaired) electrons. The topological polar surface area (TPSA) is 74.8 Å². The molecule has 28 heavy (non-hydrogen) atoms. The van der Waals surface area contributed by atoms with Gasteiger partial charge in [0.05, 0.1) is 22.7 Å². The maximum atomic E-state index is 13.1. The van der Waals surface area contributed by atoms with Crippen LogP contribution in [0.1, 0.15) is 38.5 Å². The van der Waals surface area contributed by atoms with Crippen LogP contribution < -0.4 is 10.1 Å². The zero-order valence-electron chi connectivity index (χ0n) is 16.9. The number of rotatable bonds is 8. The average Bonchev–Trinajstić information content (AvgIpc) is 3.59. The summed E-state index contributed by atoms with van der Waals surface area (Å²) in [4.78, 5) is 34.5. The highest BCUT2D eigenvalue weighted by atomic mass is 16.5. The number of hydrogen-bond acceptors (Lipinski definition) is 5. The van der Waals surface area contributed by atoms with Gasteiger partial charge in [0.15, 0.2) is 0 Å². The molecule has 1 aromatic rings. The summed E-state index contributed by atoms with van der Waals surface area (Å²) in [5, 5.41) is 3.00. The number of anilines is 1. The van der Waals surface area contributed by atoms with E-state index in [1.807, 2.05) is 30.0 Å². The fourth-order valence-electron chi connectivity index (χ4n) is 4.42. The Hall–Kier alpha value is -2.15. The molecular formula is C21H30N4O3. The fourth-order valence-corrected chi connectivity index (χ4v) is 4.42. The molecule has 7 heteroatoms. The summed E-state index contributed by atoms with van der Waals surface area (Å²) in [6.45, 7) is 3.07. The summed E-state index contributed by atoms with van der Waals surface area (Å²) in [5.74, 6) is 0.727. The molecule has 3 fully saturated rings. The minimum absolute atomic E-state index is 0.0272. The molecule has 1 aromatic heterocycles. The van der Waals surface area contributed by atoms with Crippen LogP contribution in [0.3, 0.4) is 0 Å². The number of nitrogens with one attached hydrogen (secondary N) is 1. The second kappa shape index (κ2) is 7.35. The molecule has 2 heterocycles. The number of likely N-dealkylation sites (N-methyl/N-ethyl adjacent to an activating group) is 1. The summed E-state index contributed by atoms with van der Waals surface area (Å²) in [6, 6.07) is 3.58. The number of hydrogen-bond donors (Lipinski definition) is 1. The standard InChI is InChI=1S/C21H30N4O3/c1-24(2)13-14-28-17-6-5-16(15-22-17)23-18(26)20(7-8-20)21(9-10-21)19(27)25-11-3-4-12-25/h5-6,15H,3-4,7-14H2,1-2H3,(H,23,26). The van der Waals surface area contributed by atoms with Crippen LogP contribution in [0.5, 0.6) is 5.88 Å². The van der Waals surface area contributed by atoms with Gasteiger partial charge in [-0.1, -0.05) is 0 Å². The maximum Gasteiger partial charge on any atom is 0.231 e. The highest BCUT2D eigenvalue weighted by Crippen LogP contribution is 2.71. The second-order valence-corrected chi connectivity index (χ2v) is 8.65. The normalized spacial score (nSPS) is 21.5. The van der Waals surface area contributed by atoms with E-state index in [1.54, 1.807) is 12.3 Å². The monoisotopic (exact) mass is 386 g/mol. The zero-order valence-corrected chi connectivity index (χ0v) is 16.9. The van der Waals surface area contributed by atoms with E-state index in [2.05, 4.69) is 10.3 Å². The third kappa shape index (κ3) is 3.48. The molecule has 3 aliphatic rings. The van der Waals surface area contributed by atoms with Gasteiger partial charge in [0.1, 0.15) is 6.61 Å². The number of ether oxygens (including phenoxy) is 1. The maximum absolute atomic E-state index is 13.1. The molecule has 0 spiro atoms. The predicted octanol–water partition coefficient (Wildman–Crippen LogP) is 2.14. The first-order chi connectivity index (χ1) is 13.5. The first-order valence-corrected chi connectivity index (χ1v) is 10.3. The first kappa shape index (κ1) is 19.2. The molecule has 1 N–H and O–H groups in total. The van der Waals surface area contributed by atoms with Crippen LogP contribution in [0, 0.1) is 10.8 Å². The Bertz CT molecular complexity index is 733. The van der Waals surface area contributed by atoms with E-state index < -0.39 is 10.8 Å². The van der Waals surface area contributed by atoms with Gasteiger partial charge in [-0.25, -0.2) is 4.98 Å². The summed E-state index contributed by atoms with van der Waals surface area (Å²) in [6.07, 6.45) is 7.07. The van der Waals surface area contributed by atoms with Crippen molar-refractivity contribution in [3.8, 4) is 5.88 Å². The highest BCUT2D eigenvalue weighted by molar-refractivity contribution is 6.03. The van der Waals surface area contributed by atoms with Crippen LogP contribution in [0.15, 0.2) is 18.3 Å². The third-order valence-electron chi connectivity index (χ3n) is 6.44. The van der Waals surface area contributed by atoms with Crippen LogP contribution in [0.2, 0.25) is 0 Å². The van der Waals surface area contributed by atoms with Crippen LogP contribution in [0.4, 0.5) is 5.69 Å². The Labute approximate surface area is 166 Å². The summed E-state index contributed by atoms with van der Waals surface area (Å²) in [5.41, 5.74) is -0.321. The van der Waals surface area contributed by atoms with E-state index in [0.717, 1.165) is 58.2 Å². The fraction of sp³-hybridized carbons (Fsp3) is 0.667. The summed E-state index contributed by atoms with van der Waals surface area (Å²) < 4.78 is 5.59. The van der Waals surface area contributed by atoms with Gasteiger partial charge in [-0.3, -0.25) is 9.59 Å². The van der Waals surface area contributed by atoms with E-state index in [4.69, 9.17) is 4.74 Å². The molecule has 0 aromatic carbocycles. The van der Waals surface area contributed by atoms with Crippen molar-refractivity contribution in [3.05, 3.63) is 18.3 Å². The summed E-state index contributed by atoms with van der Waals surface area (Å²) >= 11 is 0. The number of aromatic nitrogens is 1. The van der Waals surface area contributed by atoms with Crippen molar-refractivity contribution >= 4 is 17.5 Å². The van der Waals surface area contributed by atoms with Gasteiger partial charge in [-0.05, 0) is 58.7 Å². The quantitative estimate of drug-likeness (QED) is 0.741. The first-order valence-electron chi connectivity index (χ1n) is 10.3. The number of carbonyl (C=O) groups is 2. The van der Waals surface area contributed by atoms with Crippen LogP contribution in [-0.2, 0) is 9.59 Å². The molecule has 1 saturated heterocycles. The van der Waals surface area contributed by atoms with Crippen molar-refractivity contribution in [1.29, 1.82) is 0 Å². The van der Waals surface area contributed by atoms with Crippen LogP contribution in [0.25, 0.3) is 0 Å². The van der Waals surface area contributed by atoms with Gasteiger partial charge in [0, 0.05) is 25.7 Å². The molecule has 2 saturated carbocycles. The molecule has 4 rings (SSSR count). The largest absolute Gasteiger partial charge is 0.476 e. The third-order valence-corrected chi connectivity index (χ3v) is 6.44. The van der Waals surface area contributed by atoms with Crippen molar-refractivity contribution in [1.82, 2.24) is 14.8 Å². The van der Waals surface area contributed by atoms with Gasteiger partial charge in [-0.15, -0.1) is 0 Å². The molecule has 152 valence electrons. The molecule has 2 aliphatic carbocycles. The van der Waals surface area contributed by atoms with Crippen LogP contribution >= 0.6 is 0 Å². The van der Waals surface area contributed by atoms with Crippen molar-refractivity contribution in [2.24, 2.45) is 10.8 Å². The van der Waals surface area contributed by atoms with Gasteiger partial charge in [-0.2, -0.15) is 0 Å². The molecular weight excluding hydrogens is 356 g/mol. The smallest absolute Gasteiger partial charge is 0.231 e. The van der Waals surface area contributed by atoms with Gasteiger partial charge in [0.2, 0.25) is 17.7 Å². The molecule has 2 amide bonds. The molecule has 0 unspecified atom stereocenters. The Morgan fingerprint density at radius 1 is 1.14 bits per heavy atom. The van der Waals surface area contributed by atoms with Crippen LogP contribution in [-0.4, -0.2) is 66.9 Å². The van der Waals surface area contributed by atoms with Gasteiger partial charge in [0.25, 0.3) is 0 Å². The lowest BCUT2D eigenvalue weighted by atomic mass is 9.83. The molecule has 0 atom stereocenters. The lowest BCUT2D eigenvalue weighted by Crippen LogP contribution is -2.44. The number of likely N-dealkylation sites (tertiary alicyclic amines) is 1. The van der Waals surface area contributed by atoms with Crippen molar-refractivity contribution in [2.75, 3.05) is 45.7 Å². The zero-order chi connectivity index (χ0) is 19.8. The number of nitrogens with zero attached hydrogens (tertiary/aromatic N) is 3. The predicted molar refractivity (Wildman–Crippen MR) is 106 cm³/mol. The molecule has 7 nitrogen and oxygen atoms in total. The van der Waals surface area contributed by atoms with E-state index in [1.165, 1.54) is 0 Å². The van der Waals surface area contributed by atoms with Gasteiger partial charge >= 0.3 is 0 Å². The van der Waals surface area contributed by atoms with Crippen molar-refractivity contribution in [2.45, 2.75) is 38.5 Å². The Morgan fingerprint density at radius 3 is 2.36 bits per heavy atom. The van der Waals surface area contributed by atoms with E-state index >= 15 is 0 Å². The van der Waals surface area contributed by atoms with Crippen molar-refractivity contribution < 1.29 is 14.3 Å². The minimum Gasteiger partial charge on any atom is -0.476 e. The van der Waals surface area contributed by atoms with E-state index in [0.29, 0.717) is 18.2 Å². The minimum atomic E-state index is -0.520. The number of pyridine rings is 1. The molecule has 1 aliphatic heterocycles. The lowest BCUT2D eigenvalue weighted by Gasteiger charge is -2.29. The average molecular weight is 386 g/mol. The van der Waals surface area contributed by atoms with E-state index in [9.17, 15) is 9.59 Å². The van der Waals surface area contributed by atoms with E-state index in [-0.39, 0.29) is 11.8 Å². The molecule has 0 bridgehead atoms. The number of amides is 2. The number of carbonyl (C=O) groups excluding carboxylic acids is 2. The summed E-state index contributed by atoms with van der Waals surface area (Å²) in [7, 11) is 3.98.